The molecule has 0 heterocycles. The predicted molar refractivity (Wildman–Crippen MR) is 146 cm³/mol. The quantitative estimate of drug-likeness (QED) is 0.221. The van der Waals surface area contributed by atoms with Crippen molar-refractivity contribution in [2.45, 2.75) is 47.1 Å². The molecule has 0 N–H and O–H groups in total. The Hall–Kier alpha value is -2.61. The fourth-order valence-electron chi connectivity index (χ4n) is 6.51. The van der Waals surface area contributed by atoms with E-state index >= 15 is 0 Å². The summed E-state index contributed by atoms with van der Waals surface area (Å²) in [5, 5.41) is 2.75. The van der Waals surface area contributed by atoms with E-state index in [9.17, 15) is 0 Å². The summed E-state index contributed by atoms with van der Waals surface area (Å²) in [4.78, 5) is 0. The second-order valence-corrected chi connectivity index (χ2v) is 14.7. The zero-order valence-electron chi connectivity index (χ0n) is 20.4. The Balaban J connectivity index is 1.94. The third-order valence-electron chi connectivity index (χ3n) is 7.31. The molecule has 1 aliphatic rings. The van der Waals surface area contributed by atoms with Gasteiger partial charge in [-0.15, -0.1) is 0 Å². The highest BCUT2D eigenvalue weighted by atomic mass is 35.6. The molecule has 0 saturated carbocycles. The molecule has 0 atom stereocenters. The van der Waals surface area contributed by atoms with Crippen molar-refractivity contribution in [3.63, 3.8) is 0 Å². The number of aryl methyl sites for hydroxylation is 6. The molecular formula is C31H31ClSi. The van der Waals surface area contributed by atoms with Gasteiger partial charge in [-0.3, -0.25) is 0 Å². The van der Waals surface area contributed by atoms with Gasteiger partial charge in [-0.1, -0.05) is 83.9 Å². The van der Waals surface area contributed by atoms with Crippen LogP contribution in [0, 0.1) is 41.5 Å². The average Bonchev–Trinajstić information content (AvgIpc) is 3.07. The summed E-state index contributed by atoms with van der Waals surface area (Å²) >= 11 is 8.32. The van der Waals surface area contributed by atoms with Crippen LogP contribution in [-0.2, 0) is 0 Å². The molecule has 0 aliphatic heterocycles. The lowest BCUT2D eigenvalue weighted by Gasteiger charge is -2.38. The molecule has 4 aromatic rings. The molecule has 5 rings (SSSR count). The number of hydrogen-bond acceptors (Lipinski definition) is 0. The minimum atomic E-state index is -2.82. The SMILES string of the molecule is Cc1cc(C)c([Si](Cl)(c2c(C)cc(C)cc2C)C2c3ccccc3-c3ccccc32)c(C)c1. The van der Waals surface area contributed by atoms with E-state index in [-0.39, 0.29) is 5.54 Å². The minimum Gasteiger partial charge on any atom is -0.154 e. The maximum atomic E-state index is 8.32. The second kappa shape index (κ2) is 8.01. The van der Waals surface area contributed by atoms with Crippen LogP contribution in [0.15, 0.2) is 72.8 Å². The fourth-order valence-corrected chi connectivity index (χ4v) is 13.8. The number of fused-ring (bicyclic) bond motifs is 3. The third-order valence-corrected chi connectivity index (χ3v) is 13.6. The van der Waals surface area contributed by atoms with E-state index < -0.39 is 7.38 Å². The van der Waals surface area contributed by atoms with Crippen LogP contribution >= 0.6 is 11.1 Å². The van der Waals surface area contributed by atoms with Gasteiger partial charge in [0.2, 0.25) is 7.38 Å². The monoisotopic (exact) mass is 466 g/mol. The van der Waals surface area contributed by atoms with E-state index in [1.807, 2.05) is 0 Å². The Kier molecular flexibility index (Phi) is 5.38. The summed E-state index contributed by atoms with van der Waals surface area (Å²) in [5.41, 5.74) is 13.4. The summed E-state index contributed by atoms with van der Waals surface area (Å²) in [5.74, 6) is 0. The van der Waals surface area contributed by atoms with Crippen LogP contribution in [0.25, 0.3) is 11.1 Å². The summed E-state index contributed by atoms with van der Waals surface area (Å²) in [6.45, 7) is 13.4. The molecule has 0 bridgehead atoms. The molecule has 33 heavy (non-hydrogen) atoms. The molecule has 4 aromatic carbocycles. The zero-order valence-corrected chi connectivity index (χ0v) is 22.1. The van der Waals surface area contributed by atoms with Crippen molar-refractivity contribution >= 4 is 28.8 Å². The molecule has 0 radical (unpaired) electrons. The van der Waals surface area contributed by atoms with Crippen molar-refractivity contribution in [2.24, 2.45) is 0 Å². The Morgan fingerprint density at radius 3 is 1.24 bits per heavy atom. The maximum Gasteiger partial charge on any atom is 0.230 e. The lowest BCUT2D eigenvalue weighted by atomic mass is 10.1. The molecule has 0 fully saturated rings. The molecule has 166 valence electrons. The van der Waals surface area contributed by atoms with Crippen LogP contribution < -0.4 is 10.4 Å². The van der Waals surface area contributed by atoms with Crippen LogP contribution in [0.2, 0.25) is 0 Å². The van der Waals surface area contributed by atoms with Crippen LogP contribution in [0.1, 0.15) is 50.0 Å². The van der Waals surface area contributed by atoms with Crippen molar-refractivity contribution < 1.29 is 0 Å². The van der Waals surface area contributed by atoms with Gasteiger partial charge in [0.05, 0.1) is 0 Å². The lowest BCUT2D eigenvalue weighted by molar-refractivity contribution is 1.15. The molecule has 0 spiro atoms. The molecule has 0 saturated heterocycles. The van der Waals surface area contributed by atoms with Gasteiger partial charge in [-0.05, 0) is 96.4 Å². The Morgan fingerprint density at radius 1 is 0.545 bits per heavy atom. The molecular weight excluding hydrogens is 436 g/mol. The van der Waals surface area contributed by atoms with Crippen LogP contribution in [0.5, 0.6) is 0 Å². The Morgan fingerprint density at radius 2 is 0.879 bits per heavy atom. The van der Waals surface area contributed by atoms with E-state index in [2.05, 4.69) is 114 Å². The smallest absolute Gasteiger partial charge is 0.154 e. The van der Waals surface area contributed by atoms with Gasteiger partial charge in [-0.2, -0.15) is 11.1 Å². The number of halogens is 1. The van der Waals surface area contributed by atoms with Crippen molar-refractivity contribution in [1.82, 2.24) is 0 Å². The van der Waals surface area contributed by atoms with E-state index in [1.54, 1.807) is 0 Å². The maximum absolute atomic E-state index is 8.32. The minimum absolute atomic E-state index is 0.159. The van der Waals surface area contributed by atoms with Crippen LogP contribution in [-0.4, -0.2) is 7.38 Å². The lowest BCUT2D eigenvalue weighted by Crippen LogP contribution is -2.61. The number of rotatable bonds is 3. The predicted octanol–water partition coefficient (Wildman–Crippen LogP) is 7.19. The molecule has 2 heteroatoms. The van der Waals surface area contributed by atoms with Crippen molar-refractivity contribution in [3.8, 4) is 11.1 Å². The first-order chi connectivity index (χ1) is 15.7. The van der Waals surface area contributed by atoms with Gasteiger partial charge >= 0.3 is 0 Å². The average molecular weight is 467 g/mol. The zero-order chi connectivity index (χ0) is 23.5. The normalized spacial score (nSPS) is 13.2. The fraction of sp³-hybridized carbons (Fsp3) is 0.226. The largest absolute Gasteiger partial charge is 0.230 e. The first-order valence-electron chi connectivity index (χ1n) is 11.8. The second-order valence-electron chi connectivity index (χ2n) is 9.87. The van der Waals surface area contributed by atoms with Gasteiger partial charge in [0.25, 0.3) is 0 Å². The number of hydrogen-bond donors (Lipinski definition) is 0. The van der Waals surface area contributed by atoms with E-state index in [0.29, 0.717) is 0 Å². The third kappa shape index (κ3) is 3.33. The van der Waals surface area contributed by atoms with Gasteiger partial charge in [-0.25, -0.2) is 0 Å². The molecule has 0 aromatic heterocycles. The molecule has 1 aliphatic carbocycles. The van der Waals surface area contributed by atoms with Crippen molar-refractivity contribution in [3.05, 3.63) is 117 Å². The summed E-state index contributed by atoms with van der Waals surface area (Å²) in [6, 6.07) is 27.1. The van der Waals surface area contributed by atoms with Gasteiger partial charge in [0, 0.05) is 5.54 Å². The van der Waals surface area contributed by atoms with Crippen LogP contribution in [0.4, 0.5) is 0 Å². The van der Waals surface area contributed by atoms with E-state index in [4.69, 9.17) is 11.1 Å². The van der Waals surface area contributed by atoms with E-state index in [1.165, 1.54) is 66.0 Å². The molecule has 0 amide bonds. The highest BCUT2D eigenvalue weighted by Gasteiger charge is 2.51. The standard InChI is InChI=1S/C31H31ClSi/c1-19-15-21(3)29(22(4)16-19)33(32,30-23(5)17-20(2)18-24(30)6)31-27-13-9-7-11-25(27)26-12-8-10-14-28(26)31/h7-18,31H,1-6H3. The topological polar surface area (TPSA) is 0 Å². The van der Waals surface area contributed by atoms with Crippen molar-refractivity contribution in [1.29, 1.82) is 0 Å². The summed E-state index contributed by atoms with van der Waals surface area (Å²) in [6.07, 6.45) is 0. The highest BCUT2D eigenvalue weighted by Crippen LogP contribution is 2.50. The highest BCUT2D eigenvalue weighted by molar-refractivity contribution is 7.35. The van der Waals surface area contributed by atoms with Gasteiger partial charge < -0.3 is 0 Å². The van der Waals surface area contributed by atoms with E-state index in [0.717, 1.165) is 0 Å². The van der Waals surface area contributed by atoms with Crippen LogP contribution in [0.3, 0.4) is 0 Å². The van der Waals surface area contributed by atoms with Gasteiger partial charge in [0.1, 0.15) is 0 Å². The van der Waals surface area contributed by atoms with Crippen molar-refractivity contribution in [2.75, 3.05) is 0 Å². The molecule has 0 unspecified atom stereocenters. The Labute approximate surface area is 204 Å². The first-order valence-corrected chi connectivity index (χ1v) is 14.9. The van der Waals surface area contributed by atoms with Gasteiger partial charge in [0.15, 0.2) is 0 Å². The molecule has 0 nitrogen and oxygen atoms in total. The number of benzene rings is 4. The Bertz CT molecular complexity index is 1250. The summed E-state index contributed by atoms with van der Waals surface area (Å²) in [7, 11) is -2.82. The first kappa shape index (κ1) is 22.2. The summed E-state index contributed by atoms with van der Waals surface area (Å²) < 4.78 is 0.